The van der Waals surface area contributed by atoms with Gasteiger partial charge in [-0.15, -0.1) is 0 Å². The van der Waals surface area contributed by atoms with Crippen LogP contribution in [-0.2, 0) is 0 Å². The Morgan fingerprint density at radius 1 is 1.21 bits per heavy atom. The van der Waals surface area contributed by atoms with Crippen molar-refractivity contribution in [1.29, 1.82) is 0 Å². The van der Waals surface area contributed by atoms with Crippen LogP contribution in [0.1, 0.15) is 52.9 Å². The van der Waals surface area contributed by atoms with Crippen LogP contribution in [0.3, 0.4) is 0 Å². The summed E-state index contributed by atoms with van der Waals surface area (Å²) in [6.45, 7) is 8.58. The standard InChI is InChI=1S/C11H21N.C2H6/c1-2-3-4-6-11-7-5-9-12-10-8-11;1-2/h2-3,11-12H,4-10H2,1H3;1-2H3/b3-2+;. The highest BCUT2D eigenvalue weighted by Crippen LogP contribution is 2.19. The molecule has 0 aromatic rings. The molecule has 0 amide bonds. The van der Waals surface area contributed by atoms with E-state index in [-0.39, 0.29) is 0 Å². The number of hydrogen-bond acceptors (Lipinski definition) is 1. The molecule has 0 aliphatic carbocycles. The third kappa shape index (κ3) is 7.14. The first-order chi connectivity index (χ1) is 6.93. The van der Waals surface area contributed by atoms with Crippen LogP contribution >= 0.6 is 0 Å². The lowest BCUT2D eigenvalue weighted by Gasteiger charge is -2.11. The van der Waals surface area contributed by atoms with Gasteiger partial charge in [0.1, 0.15) is 0 Å². The molecule has 1 unspecified atom stereocenters. The van der Waals surface area contributed by atoms with Crippen LogP contribution in [0.25, 0.3) is 0 Å². The van der Waals surface area contributed by atoms with E-state index in [1.165, 1.54) is 45.2 Å². The van der Waals surface area contributed by atoms with E-state index in [2.05, 4.69) is 24.4 Å². The molecule has 1 heterocycles. The summed E-state index contributed by atoms with van der Waals surface area (Å²) in [5.41, 5.74) is 0. The summed E-state index contributed by atoms with van der Waals surface area (Å²) in [5.74, 6) is 0.983. The average Bonchev–Trinajstić information content (AvgIpc) is 2.50. The van der Waals surface area contributed by atoms with Crippen LogP contribution < -0.4 is 5.32 Å². The maximum absolute atomic E-state index is 3.45. The van der Waals surface area contributed by atoms with Gasteiger partial charge >= 0.3 is 0 Å². The third-order valence-corrected chi connectivity index (χ3v) is 2.67. The zero-order valence-electron chi connectivity index (χ0n) is 10.2. The van der Waals surface area contributed by atoms with Gasteiger partial charge in [0, 0.05) is 0 Å². The highest BCUT2D eigenvalue weighted by molar-refractivity contribution is 4.78. The van der Waals surface area contributed by atoms with Gasteiger partial charge in [0.15, 0.2) is 0 Å². The lowest BCUT2D eigenvalue weighted by molar-refractivity contribution is 0.442. The second-order valence-corrected chi connectivity index (χ2v) is 3.69. The first-order valence-corrected chi connectivity index (χ1v) is 6.25. The molecule has 1 nitrogen and oxygen atoms in total. The molecule has 0 radical (unpaired) electrons. The topological polar surface area (TPSA) is 12.0 Å². The van der Waals surface area contributed by atoms with E-state index in [4.69, 9.17) is 0 Å². The van der Waals surface area contributed by atoms with Gasteiger partial charge in [0.2, 0.25) is 0 Å². The Labute approximate surface area is 90.0 Å². The Balaban J connectivity index is 0.000000791. The van der Waals surface area contributed by atoms with Crippen LogP contribution in [0.5, 0.6) is 0 Å². The first-order valence-electron chi connectivity index (χ1n) is 6.25. The molecule has 0 aromatic carbocycles. The second kappa shape index (κ2) is 10.8. The van der Waals surface area contributed by atoms with E-state index in [9.17, 15) is 0 Å². The Hall–Kier alpha value is -0.300. The molecule has 84 valence electrons. The predicted octanol–water partition coefficient (Wildman–Crippen LogP) is 3.76. The van der Waals surface area contributed by atoms with Gasteiger partial charge < -0.3 is 5.32 Å². The fourth-order valence-corrected chi connectivity index (χ4v) is 1.88. The van der Waals surface area contributed by atoms with Crippen molar-refractivity contribution in [2.24, 2.45) is 5.92 Å². The lowest BCUT2D eigenvalue weighted by Crippen LogP contribution is -2.14. The molecule has 1 saturated heterocycles. The van der Waals surface area contributed by atoms with E-state index in [1.54, 1.807) is 0 Å². The van der Waals surface area contributed by atoms with Gasteiger partial charge in [0.25, 0.3) is 0 Å². The van der Waals surface area contributed by atoms with Crippen molar-refractivity contribution in [3.05, 3.63) is 12.2 Å². The maximum atomic E-state index is 3.45. The molecule has 1 fully saturated rings. The second-order valence-electron chi connectivity index (χ2n) is 3.69. The maximum Gasteiger partial charge on any atom is -0.00463 e. The molecule has 0 bridgehead atoms. The van der Waals surface area contributed by atoms with Crippen molar-refractivity contribution < 1.29 is 0 Å². The molecule has 0 saturated carbocycles. The quantitative estimate of drug-likeness (QED) is 0.679. The summed E-state index contributed by atoms with van der Waals surface area (Å²) in [6, 6.07) is 0. The SMILES string of the molecule is C/C=C/CCC1CCCNCC1.CC. The van der Waals surface area contributed by atoms with Gasteiger partial charge in [-0.3, -0.25) is 0 Å². The van der Waals surface area contributed by atoms with E-state index in [1.807, 2.05) is 13.8 Å². The van der Waals surface area contributed by atoms with Crippen molar-refractivity contribution in [3.63, 3.8) is 0 Å². The molecule has 1 heteroatoms. The summed E-state index contributed by atoms with van der Waals surface area (Å²) in [5, 5.41) is 3.45. The minimum atomic E-state index is 0.983. The monoisotopic (exact) mass is 197 g/mol. The van der Waals surface area contributed by atoms with E-state index in [0.29, 0.717) is 0 Å². The molecule has 14 heavy (non-hydrogen) atoms. The van der Waals surface area contributed by atoms with Gasteiger partial charge in [0.05, 0.1) is 0 Å². The molecule has 1 N–H and O–H groups in total. The Kier molecular flexibility index (Phi) is 10.5. The molecular formula is C13H27N. The Morgan fingerprint density at radius 3 is 2.71 bits per heavy atom. The average molecular weight is 197 g/mol. The van der Waals surface area contributed by atoms with E-state index in [0.717, 1.165) is 5.92 Å². The van der Waals surface area contributed by atoms with E-state index < -0.39 is 0 Å². The summed E-state index contributed by atoms with van der Waals surface area (Å²) in [4.78, 5) is 0. The van der Waals surface area contributed by atoms with Gasteiger partial charge in [-0.2, -0.15) is 0 Å². The van der Waals surface area contributed by atoms with Crippen LogP contribution in [-0.4, -0.2) is 13.1 Å². The zero-order valence-corrected chi connectivity index (χ0v) is 10.2. The Bertz CT molecular complexity index is 121. The summed E-state index contributed by atoms with van der Waals surface area (Å²) < 4.78 is 0. The largest absolute Gasteiger partial charge is 0.317 e. The normalized spacial score (nSPS) is 22.6. The number of allylic oxidation sites excluding steroid dienone is 2. The van der Waals surface area contributed by atoms with Crippen LogP contribution in [0.2, 0.25) is 0 Å². The molecule has 1 rings (SSSR count). The van der Waals surface area contributed by atoms with Gasteiger partial charge in [-0.05, 0) is 58.0 Å². The zero-order chi connectivity index (χ0) is 10.6. The highest BCUT2D eigenvalue weighted by Gasteiger charge is 2.09. The lowest BCUT2D eigenvalue weighted by atomic mass is 9.95. The molecule has 1 atom stereocenters. The minimum Gasteiger partial charge on any atom is -0.317 e. The summed E-state index contributed by atoms with van der Waals surface area (Å²) >= 11 is 0. The van der Waals surface area contributed by atoms with Crippen molar-refractivity contribution in [2.75, 3.05) is 13.1 Å². The van der Waals surface area contributed by atoms with Crippen molar-refractivity contribution in [3.8, 4) is 0 Å². The van der Waals surface area contributed by atoms with Crippen molar-refractivity contribution >= 4 is 0 Å². The van der Waals surface area contributed by atoms with Crippen LogP contribution in [0.4, 0.5) is 0 Å². The van der Waals surface area contributed by atoms with Gasteiger partial charge in [-0.1, -0.05) is 26.0 Å². The number of nitrogens with one attached hydrogen (secondary N) is 1. The predicted molar refractivity (Wildman–Crippen MR) is 65.6 cm³/mol. The van der Waals surface area contributed by atoms with Crippen LogP contribution in [0.15, 0.2) is 12.2 Å². The molecule has 0 aromatic heterocycles. The van der Waals surface area contributed by atoms with Crippen molar-refractivity contribution in [2.45, 2.75) is 52.9 Å². The van der Waals surface area contributed by atoms with Crippen LogP contribution in [0, 0.1) is 5.92 Å². The van der Waals surface area contributed by atoms with Gasteiger partial charge in [-0.25, -0.2) is 0 Å². The molecular weight excluding hydrogens is 170 g/mol. The fourth-order valence-electron chi connectivity index (χ4n) is 1.88. The Morgan fingerprint density at radius 2 is 2.00 bits per heavy atom. The minimum absolute atomic E-state index is 0.983. The molecule has 1 aliphatic heterocycles. The third-order valence-electron chi connectivity index (χ3n) is 2.67. The molecule has 0 spiro atoms. The highest BCUT2D eigenvalue weighted by atomic mass is 14.8. The smallest absolute Gasteiger partial charge is 0.00463 e. The first kappa shape index (κ1) is 13.7. The van der Waals surface area contributed by atoms with E-state index >= 15 is 0 Å². The number of rotatable bonds is 3. The summed E-state index contributed by atoms with van der Waals surface area (Å²) in [7, 11) is 0. The fraction of sp³-hybridized carbons (Fsp3) is 0.846. The van der Waals surface area contributed by atoms with Crippen molar-refractivity contribution in [1.82, 2.24) is 5.32 Å². The number of hydrogen-bond donors (Lipinski definition) is 1. The molecule has 1 aliphatic rings. The summed E-state index contributed by atoms with van der Waals surface area (Å²) in [6.07, 6.45) is 11.3.